The van der Waals surface area contributed by atoms with Gasteiger partial charge >= 0.3 is 0 Å². The average molecular weight is 433 g/mol. The highest BCUT2D eigenvalue weighted by molar-refractivity contribution is 6.30. The number of nitrogens with zero attached hydrogens (tertiary/aromatic N) is 3. The van der Waals surface area contributed by atoms with Crippen LogP contribution in [0, 0.1) is 13.8 Å². The van der Waals surface area contributed by atoms with Gasteiger partial charge in [-0.1, -0.05) is 29.8 Å². The van der Waals surface area contributed by atoms with E-state index in [1.807, 2.05) is 36.4 Å². The highest BCUT2D eigenvalue weighted by Crippen LogP contribution is 2.23. The normalized spacial score (nSPS) is 11.1. The largest absolute Gasteiger partial charge is 0.352 e. The van der Waals surface area contributed by atoms with Crippen molar-refractivity contribution in [3.63, 3.8) is 0 Å². The van der Waals surface area contributed by atoms with E-state index in [9.17, 15) is 4.79 Å². The molecule has 0 fully saturated rings. The van der Waals surface area contributed by atoms with Crippen LogP contribution in [-0.2, 0) is 24.3 Å². The molecule has 0 unspecified atom stereocenters. The van der Waals surface area contributed by atoms with Crippen molar-refractivity contribution in [3.8, 4) is 0 Å². The lowest BCUT2D eigenvalue weighted by molar-refractivity contribution is -0.121. The molecule has 31 heavy (non-hydrogen) atoms. The van der Waals surface area contributed by atoms with Crippen molar-refractivity contribution >= 4 is 28.5 Å². The minimum absolute atomic E-state index is 0.00300. The van der Waals surface area contributed by atoms with Crippen molar-refractivity contribution in [2.24, 2.45) is 0 Å². The highest BCUT2D eigenvalue weighted by Gasteiger charge is 2.14. The van der Waals surface area contributed by atoms with Gasteiger partial charge in [-0.3, -0.25) is 9.78 Å². The Morgan fingerprint density at radius 3 is 2.65 bits per heavy atom. The Bertz CT molecular complexity index is 1220. The third-order valence-corrected chi connectivity index (χ3v) is 5.70. The minimum Gasteiger partial charge on any atom is -0.352 e. The molecule has 0 spiro atoms. The first-order valence-corrected chi connectivity index (χ1v) is 10.7. The van der Waals surface area contributed by atoms with E-state index in [0.29, 0.717) is 31.0 Å². The van der Waals surface area contributed by atoms with Crippen LogP contribution in [0.5, 0.6) is 0 Å². The number of hydrogen-bond acceptors (Lipinski definition) is 3. The van der Waals surface area contributed by atoms with Crippen LogP contribution in [0.2, 0.25) is 5.02 Å². The fourth-order valence-corrected chi connectivity index (χ4v) is 3.86. The van der Waals surface area contributed by atoms with Crippen LogP contribution >= 0.6 is 11.6 Å². The van der Waals surface area contributed by atoms with Crippen molar-refractivity contribution in [3.05, 3.63) is 94.0 Å². The molecule has 1 amide bonds. The molecule has 0 atom stereocenters. The number of carbonyl (C=O) groups excluding carboxylic acids is 1. The Kier molecular flexibility index (Phi) is 6.33. The second kappa shape index (κ2) is 9.31. The van der Waals surface area contributed by atoms with Gasteiger partial charge in [0.1, 0.15) is 5.82 Å². The number of carbonyl (C=O) groups is 1. The first-order valence-electron chi connectivity index (χ1n) is 10.4. The number of rotatable bonds is 7. The summed E-state index contributed by atoms with van der Waals surface area (Å²) in [6, 6.07) is 15.9. The molecule has 2 aromatic carbocycles. The Morgan fingerprint density at radius 1 is 1.06 bits per heavy atom. The Balaban J connectivity index is 1.55. The average Bonchev–Trinajstić information content (AvgIpc) is 3.07. The summed E-state index contributed by atoms with van der Waals surface area (Å²) in [6.45, 7) is 5.23. The van der Waals surface area contributed by atoms with E-state index in [1.165, 1.54) is 11.1 Å². The van der Waals surface area contributed by atoms with Crippen LogP contribution in [0.25, 0.3) is 11.0 Å². The molecule has 2 heterocycles. The molecule has 0 aliphatic heterocycles. The standard InChI is InChI=1S/C25H25ClN4O/c1-17-11-22-23(12-18(17)2)30(24(29-22)14-19-5-3-7-21(26)13-19)10-8-25(31)28-16-20-6-4-9-27-15-20/h3-7,9,11-13,15H,8,10,14,16H2,1-2H3,(H,28,31). The van der Waals surface area contributed by atoms with E-state index < -0.39 is 0 Å². The molecule has 0 bridgehead atoms. The Hall–Kier alpha value is -3.18. The molecule has 1 N–H and O–H groups in total. The second-order valence-electron chi connectivity index (χ2n) is 7.80. The first kappa shape index (κ1) is 21.1. The van der Waals surface area contributed by atoms with Crippen molar-refractivity contribution in [2.45, 2.75) is 39.8 Å². The van der Waals surface area contributed by atoms with E-state index >= 15 is 0 Å². The maximum Gasteiger partial charge on any atom is 0.222 e. The number of fused-ring (bicyclic) bond motifs is 1. The lowest BCUT2D eigenvalue weighted by Crippen LogP contribution is -2.24. The summed E-state index contributed by atoms with van der Waals surface area (Å²) < 4.78 is 2.16. The molecule has 0 saturated heterocycles. The molecule has 4 rings (SSSR count). The zero-order valence-corrected chi connectivity index (χ0v) is 18.5. The summed E-state index contributed by atoms with van der Waals surface area (Å²) in [6.07, 6.45) is 4.52. The van der Waals surface area contributed by atoms with Gasteiger partial charge in [0, 0.05) is 43.3 Å². The van der Waals surface area contributed by atoms with Crippen molar-refractivity contribution < 1.29 is 4.79 Å². The fourth-order valence-electron chi connectivity index (χ4n) is 3.65. The first-order chi connectivity index (χ1) is 15.0. The lowest BCUT2D eigenvalue weighted by Gasteiger charge is -2.11. The van der Waals surface area contributed by atoms with Crippen LogP contribution in [0.15, 0.2) is 60.9 Å². The quantitative estimate of drug-likeness (QED) is 0.447. The third-order valence-electron chi connectivity index (χ3n) is 5.47. The van der Waals surface area contributed by atoms with Crippen LogP contribution in [0.3, 0.4) is 0 Å². The number of aryl methyl sites for hydroxylation is 3. The highest BCUT2D eigenvalue weighted by atomic mass is 35.5. The van der Waals surface area contributed by atoms with Crippen molar-refractivity contribution in [2.75, 3.05) is 0 Å². The molecule has 0 saturated carbocycles. The van der Waals surface area contributed by atoms with E-state index in [2.05, 4.69) is 40.8 Å². The summed E-state index contributed by atoms with van der Waals surface area (Å²) in [5.41, 5.74) is 6.51. The van der Waals surface area contributed by atoms with Gasteiger partial charge in [-0.2, -0.15) is 0 Å². The molecular weight excluding hydrogens is 408 g/mol. The predicted octanol–water partition coefficient (Wildman–Crippen LogP) is 5.00. The molecule has 2 aromatic heterocycles. The zero-order valence-electron chi connectivity index (χ0n) is 17.7. The lowest BCUT2D eigenvalue weighted by atomic mass is 10.1. The van der Waals surface area contributed by atoms with Gasteiger partial charge in [-0.15, -0.1) is 0 Å². The molecule has 0 aliphatic carbocycles. The Morgan fingerprint density at radius 2 is 1.87 bits per heavy atom. The number of aromatic nitrogens is 3. The second-order valence-corrected chi connectivity index (χ2v) is 8.24. The Labute approximate surface area is 187 Å². The fraction of sp³-hybridized carbons (Fsp3) is 0.240. The molecule has 6 heteroatoms. The smallest absolute Gasteiger partial charge is 0.222 e. The third kappa shape index (κ3) is 5.12. The number of amides is 1. The summed E-state index contributed by atoms with van der Waals surface area (Å²) >= 11 is 6.17. The van der Waals surface area contributed by atoms with E-state index in [1.54, 1.807) is 12.4 Å². The number of hydrogen-bond donors (Lipinski definition) is 1. The molecule has 0 radical (unpaired) electrons. The molecule has 158 valence electrons. The van der Waals surface area contributed by atoms with Gasteiger partial charge in [-0.25, -0.2) is 4.98 Å². The molecule has 5 nitrogen and oxygen atoms in total. The van der Waals surface area contributed by atoms with E-state index in [4.69, 9.17) is 16.6 Å². The van der Waals surface area contributed by atoms with E-state index in [-0.39, 0.29) is 5.91 Å². The maximum absolute atomic E-state index is 12.5. The van der Waals surface area contributed by atoms with Gasteiger partial charge in [0.15, 0.2) is 0 Å². The summed E-state index contributed by atoms with van der Waals surface area (Å²) in [7, 11) is 0. The SMILES string of the molecule is Cc1cc2nc(Cc3cccc(Cl)c3)n(CCC(=O)NCc3cccnc3)c2cc1C. The minimum atomic E-state index is 0.00300. The number of benzene rings is 2. The topological polar surface area (TPSA) is 59.8 Å². The van der Waals surface area contributed by atoms with Gasteiger partial charge in [-0.05, 0) is 66.4 Å². The van der Waals surface area contributed by atoms with Crippen molar-refractivity contribution in [1.29, 1.82) is 0 Å². The summed E-state index contributed by atoms with van der Waals surface area (Å²) in [5, 5.41) is 3.69. The predicted molar refractivity (Wildman–Crippen MR) is 124 cm³/mol. The van der Waals surface area contributed by atoms with Gasteiger partial charge in [0.25, 0.3) is 0 Å². The summed E-state index contributed by atoms with van der Waals surface area (Å²) in [4.78, 5) is 21.5. The molecular formula is C25H25ClN4O. The van der Waals surface area contributed by atoms with Gasteiger partial charge in [0.05, 0.1) is 11.0 Å². The van der Waals surface area contributed by atoms with Crippen LogP contribution < -0.4 is 5.32 Å². The number of nitrogens with one attached hydrogen (secondary N) is 1. The number of halogens is 1. The van der Waals surface area contributed by atoms with Crippen LogP contribution in [-0.4, -0.2) is 20.4 Å². The van der Waals surface area contributed by atoms with Gasteiger partial charge in [0.2, 0.25) is 5.91 Å². The number of pyridine rings is 1. The summed E-state index contributed by atoms with van der Waals surface area (Å²) in [5.74, 6) is 0.936. The van der Waals surface area contributed by atoms with Crippen LogP contribution in [0.1, 0.15) is 34.5 Å². The molecule has 4 aromatic rings. The van der Waals surface area contributed by atoms with Crippen LogP contribution in [0.4, 0.5) is 0 Å². The number of imidazole rings is 1. The molecule has 0 aliphatic rings. The monoisotopic (exact) mass is 432 g/mol. The van der Waals surface area contributed by atoms with Gasteiger partial charge < -0.3 is 9.88 Å². The zero-order chi connectivity index (χ0) is 21.8. The van der Waals surface area contributed by atoms with Crippen molar-refractivity contribution in [1.82, 2.24) is 19.9 Å². The van der Waals surface area contributed by atoms with E-state index in [0.717, 1.165) is 28.0 Å². The maximum atomic E-state index is 12.5.